The highest BCUT2D eigenvalue weighted by molar-refractivity contribution is 6.05. The van der Waals surface area contributed by atoms with Crippen LogP contribution in [-0.2, 0) is 4.79 Å². The molecule has 2 amide bonds. The van der Waals surface area contributed by atoms with E-state index < -0.39 is 0 Å². The fourth-order valence-electron chi connectivity index (χ4n) is 2.17. The van der Waals surface area contributed by atoms with E-state index in [1.54, 1.807) is 65.7 Å². The van der Waals surface area contributed by atoms with E-state index in [-0.39, 0.29) is 11.8 Å². The average Bonchev–Trinajstić information content (AvgIpc) is 3.10. The van der Waals surface area contributed by atoms with Gasteiger partial charge < -0.3 is 10.6 Å². The Balaban J connectivity index is 1.79. The molecule has 2 heterocycles. The van der Waals surface area contributed by atoms with Crippen molar-refractivity contribution < 1.29 is 9.59 Å². The minimum absolute atomic E-state index is 0.161. The summed E-state index contributed by atoms with van der Waals surface area (Å²) in [7, 11) is 0. The van der Waals surface area contributed by atoms with E-state index >= 15 is 0 Å². The highest BCUT2D eigenvalue weighted by Crippen LogP contribution is 2.18. The molecule has 0 fully saturated rings. The SMILES string of the molecule is CC(=O)Nc1ccc(C(=O)Nc2cccnc2-n2cccn2)cc1. The number of anilines is 2. The molecule has 0 aliphatic heterocycles. The van der Waals surface area contributed by atoms with Crippen molar-refractivity contribution in [3.63, 3.8) is 0 Å². The maximum atomic E-state index is 12.4. The topological polar surface area (TPSA) is 88.9 Å². The van der Waals surface area contributed by atoms with Crippen molar-refractivity contribution in [3.05, 3.63) is 66.6 Å². The molecule has 0 unspecified atom stereocenters. The third-order valence-corrected chi connectivity index (χ3v) is 3.22. The Labute approximate surface area is 138 Å². The number of hydrogen-bond acceptors (Lipinski definition) is 4. The molecule has 2 N–H and O–H groups in total. The standard InChI is InChI=1S/C17H15N5O2/c1-12(23)20-14-7-5-13(6-8-14)17(24)21-15-4-2-9-18-16(15)22-11-3-10-19-22/h2-11H,1H3,(H,20,23)(H,21,24). The fraction of sp³-hybridized carbons (Fsp3) is 0.0588. The third-order valence-electron chi connectivity index (χ3n) is 3.22. The molecular weight excluding hydrogens is 306 g/mol. The minimum Gasteiger partial charge on any atom is -0.326 e. The maximum Gasteiger partial charge on any atom is 0.255 e. The van der Waals surface area contributed by atoms with E-state index in [0.29, 0.717) is 22.8 Å². The average molecular weight is 321 g/mol. The summed E-state index contributed by atoms with van der Waals surface area (Å²) in [6, 6.07) is 11.9. The Morgan fingerprint density at radius 2 is 1.79 bits per heavy atom. The predicted molar refractivity (Wildman–Crippen MR) is 90.1 cm³/mol. The Kier molecular flexibility index (Phi) is 4.33. The van der Waals surface area contributed by atoms with Gasteiger partial charge in [0, 0.05) is 36.8 Å². The van der Waals surface area contributed by atoms with Crippen LogP contribution in [0, 0.1) is 0 Å². The third kappa shape index (κ3) is 3.46. The molecule has 0 saturated heterocycles. The first-order chi connectivity index (χ1) is 11.6. The van der Waals surface area contributed by atoms with E-state index in [4.69, 9.17) is 0 Å². The van der Waals surface area contributed by atoms with Crippen LogP contribution in [-0.4, -0.2) is 26.6 Å². The number of rotatable bonds is 4. The van der Waals surface area contributed by atoms with Crippen LogP contribution in [0.1, 0.15) is 17.3 Å². The van der Waals surface area contributed by atoms with E-state index in [1.807, 2.05) is 0 Å². The molecule has 3 aromatic rings. The van der Waals surface area contributed by atoms with Crippen LogP contribution in [0.25, 0.3) is 5.82 Å². The summed E-state index contributed by atoms with van der Waals surface area (Å²) in [6.45, 7) is 1.43. The lowest BCUT2D eigenvalue weighted by atomic mass is 10.2. The summed E-state index contributed by atoms with van der Waals surface area (Å²) in [5.74, 6) is 0.0999. The largest absolute Gasteiger partial charge is 0.326 e. The number of pyridine rings is 1. The van der Waals surface area contributed by atoms with Crippen molar-refractivity contribution in [2.75, 3.05) is 10.6 Å². The van der Waals surface area contributed by atoms with Gasteiger partial charge in [-0.2, -0.15) is 5.10 Å². The van der Waals surface area contributed by atoms with Gasteiger partial charge in [0.1, 0.15) is 0 Å². The van der Waals surface area contributed by atoms with Gasteiger partial charge in [-0.05, 0) is 42.5 Å². The molecule has 0 saturated carbocycles. The van der Waals surface area contributed by atoms with Gasteiger partial charge in [0.15, 0.2) is 5.82 Å². The highest BCUT2D eigenvalue weighted by atomic mass is 16.2. The predicted octanol–water partition coefficient (Wildman–Crippen LogP) is 2.48. The fourth-order valence-corrected chi connectivity index (χ4v) is 2.17. The van der Waals surface area contributed by atoms with Crippen LogP contribution in [0.2, 0.25) is 0 Å². The number of nitrogens with one attached hydrogen (secondary N) is 2. The van der Waals surface area contributed by atoms with Gasteiger partial charge >= 0.3 is 0 Å². The first kappa shape index (κ1) is 15.4. The molecule has 7 heteroatoms. The number of aromatic nitrogens is 3. The van der Waals surface area contributed by atoms with Crippen LogP contribution >= 0.6 is 0 Å². The molecule has 0 bridgehead atoms. The molecular formula is C17H15N5O2. The van der Waals surface area contributed by atoms with Crippen LogP contribution < -0.4 is 10.6 Å². The second-order valence-electron chi connectivity index (χ2n) is 5.04. The van der Waals surface area contributed by atoms with Crippen molar-refractivity contribution >= 4 is 23.2 Å². The molecule has 0 atom stereocenters. The number of hydrogen-bond donors (Lipinski definition) is 2. The van der Waals surface area contributed by atoms with Gasteiger partial charge in [-0.25, -0.2) is 9.67 Å². The second kappa shape index (κ2) is 6.74. The first-order valence-corrected chi connectivity index (χ1v) is 7.27. The summed E-state index contributed by atoms with van der Waals surface area (Å²) in [5, 5.41) is 9.61. The van der Waals surface area contributed by atoms with Crippen LogP contribution in [0.4, 0.5) is 11.4 Å². The van der Waals surface area contributed by atoms with Crippen molar-refractivity contribution in [1.29, 1.82) is 0 Å². The van der Waals surface area contributed by atoms with Crippen molar-refractivity contribution in [3.8, 4) is 5.82 Å². The molecule has 7 nitrogen and oxygen atoms in total. The summed E-state index contributed by atoms with van der Waals surface area (Å²) in [4.78, 5) is 27.7. The van der Waals surface area contributed by atoms with Crippen LogP contribution in [0.3, 0.4) is 0 Å². The van der Waals surface area contributed by atoms with E-state index in [0.717, 1.165) is 0 Å². The molecule has 0 aliphatic carbocycles. The number of nitrogens with zero attached hydrogens (tertiary/aromatic N) is 3. The summed E-state index contributed by atoms with van der Waals surface area (Å²) >= 11 is 0. The number of carbonyl (C=O) groups excluding carboxylic acids is 2. The van der Waals surface area contributed by atoms with E-state index in [9.17, 15) is 9.59 Å². The Hall–Kier alpha value is -3.48. The lowest BCUT2D eigenvalue weighted by Crippen LogP contribution is -2.15. The van der Waals surface area contributed by atoms with Crippen molar-refractivity contribution in [2.45, 2.75) is 6.92 Å². The van der Waals surface area contributed by atoms with Gasteiger partial charge in [0.25, 0.3) is 5.91 Å². The Morgan fingerprint density at radius 3 is 2.46 bits per heavy atom. The molecule has 3 rings (SSSR count). The van der Waals surface area contributed by atoms with Gasteiger partial charge in [0.2, 0.25) is 5.91 Å². The van der Waals surface area contributed by atoms with Gasteiger partial charge in [-0.3, -0.25) is 9.59 Å². The monoisotopic (exact) mass is 321 g/mol. The molecule has 1 aromatic carbocycles. The zero-order chi connectivity index (χ0) is 16.9. The van der Waals surface area contributed by atoms with E-state index in [1.165, 1.54) is 6.92 Å². The zero-order valence-electron chi connectivity index (χ0n) is 12.9. The van der Waals surface area contributed by atoms with Crippen LogP contribution in [0.15, 0.2) is 61.1 Å². The molecule has 0 spiro atoms. The van der Waals surface area contributed by atoms with Crippen LogP contribution in [0.5, 0.6) is 0 Å². The first-order valence-electron chi connectivity index (χ1n) is 7.27. The molecule has 120 valence electrons. The number of benzene rings is 1. The quantitative estimate of drug-likeness (QED) is 0.772. The summed E-state index contributed by atoms with van der Waals surface area (Å²) in [5.41, 5.74) is 1.66. The molecule has 2 aromatic heterocycles. The van der Waals surface area contributed by atoms with Gasteiger partial charge in [-0.15, -0.1) is 0 Å². The number of amides is 2. The van der Waals surface area contributed by atoms with Gasteiger partial charge in [0.05, 0.1) is 5.69 Å². The summed E-state index contributed by atoms with van der Waals surface area (Å²) in [6.07, 6.45) is 5.02. The lowest BCUT2D eigenvalue weighted by Gasteiger charge is -2.10. The smallest absolute Gasteiger partial charge is 0.255 e. The van der Waals surface area contributed by atoms with E-state index in [2.05, 4.69) is 20.7 Å². The molecule has 0 radical (unpaired) electrons. The Morgan fingerprint density at radius 1 is 1.00 bits per heavy atom. The highest BCUT2D eigenvalue weighted by Gasteiger charge is 2.11. The normalized spacial score (nSPS) is 10.2. The number of carbonyl (C=O) groups is 2. The second-order valence-corrected chi connectivity index (χ2v) is 5.04. The van der Waals surface area contributed by atoms with Gasteiger partial charge in [-0.1, -0.05) is 0 Å². The van der Waals surface area contributed by atoms with Crippen molar-refractivity contribution in [1.82, 2.24) is 14.8 Å². The van der Waals surface area contributed by atoms with Crippen molar-refractivity contribution in [2.24, 2.45) is 0 Å². The molecule has 0 aliphatic rings. The Bertz CT molecular complexity index is 857. The lowest BCUT2D eigenvalue weighted by molar-refractivity contribution is -0.114. The molecule has 24 heavy (non-hydrogen) atoms. The zero-order valence-corrected chi connectivity index (χ0v) is 12.9. The maximum absolute atomic E-state index is 12.4. The summed E-state index contributed by atoms with van der Waals surface area (Å²) < 4.78 is 1.58. The minimum atomic E-state index is -0.272.